The van der Waals surface area contributed by atoms with E-state index in [0.717, 1.165) is 102 Å². The summed E-state index contributed by atoms with van der Waals surface area (Å²) in [5, 5.41) is 41.8. The number of aliphatic hydroxyl groups excluding tert-OH is 1. The van der Waals surface area contributed by atoms with Crippen LogP contribution in [0.4, 0.5) is 0 Å². The van der Waals surface area contributed by atoms with Gasteiger partial charge in [0.1, 0.15) is 0 Å². The van der Waals surface area contributed by atoms with Gasteiger partial charge >= 0.3 is 5.97 Å². The van der Waals surface area contributed by atoms with Gasteiger partial charge in [0, 0.05) is 48.0 Å². The molecule has 20 atom stereocenters. The van der Waals surface area contributed by atoms with Crippen molar-refractivity contribution in [2.75, 3.05) is 13.7 Å². The average Bonchev–Trinajstić information content (AvgIpc) is 3.56. The number of aliphatic carboxylic acids is 1. The lowest BCUT2D eigenvalue weighted by atomic mass is 9.15. The van der Waals surface area contributed by atoms with Crippen molar-refractivity contribution >= 4 is 16.7 Å². The van der Waals surface area contributed by atoms with Crippen molar-refractivity contribution in [1.29, 1.82) is 0 Å². The number of methoxy groups -OCH3 is 1. The van der Waals surface area contributed by atoms with Crippen molar-refractivity contribution in [3.63, 3.8) is 0 Å². The van der Waals surface area contributed by atoms with Crippen LogP contribution >= 0.6 is 0 Å². The third-order valence-corrected chi connectivity index (χ3v) is 27.6. The van der Waals surface area contributed by atoms with Gasteiger partial charge in [-0.25, -0.2) is 0 Å². The van der Waals surface area contributed by atoms with Crippen LogP contribution in [0.2, 0.25) is 0 Å². The maximum atomic E-state index is 14.5. The average molecular weight is 1010 g/mol. The molecule has 3 aromatic rings. The smallest absolute Gasteiger partial charge is 0.309 e. The van der Waals surface area contributed by atoms with E-state index in [0.29, 0.717) is 24.9 Å². The predicted octanol–water partition coefficient (Wildman–Crippen LogP) is 13.9. The van der Waals surface area contributed by atoms with E-state index >= 15 is 0 Å². The molecule has 400 valence electrons. The summed E-state index contributed by atoms with van der Waals surface area (Å²) in [7, 11) is 1.77. The van der Waals surface area contributed by atoms with Crippen molar-refractivity contribution in [3.8, 4) is 11.8 Å². The summed E-state index contributed by atoms with van der Waals surface area (Å²) in [5.41, 5.74) is 4.28. The summed E-state index contributed by atoms with van der Waals surface area (Å²) in [5.74, 6) is 10.2. The number of ether oxygens (including phenoxy) is 2. The van der Waals surface area contributed by atoms with Gasteiger partial charge in [-0.15, -0.1) is 5.92 Å². The molecule has 12 aliphatic rings. The first-order chi connectivity index (χ1) is 36.1. The topological polar surface area (TPSA) is 96.2 Å². The number of aliphatic hydroxyl groups is 2. The summed E-state index contributed by atoms with van der Waals surface area (Å²) in [6, 6.07) is 21.2. The Kier molecular flexibility index (Phi) is 10.6. The van der Waals surface area contributed by atoms with Gasteiger partial charge in [-0.2, -0.15) is 0 Å². The molecule has 75 heavy (non-hydrogen) atoms. The van der Waals surface area contributed by atoms with Crippen molar-refractivity contribution in [3.05, 3.63) is 82.4 Å². The van der Waals surface area contributed by atoms with E-state index < -0.39 is 39.5 Å². The Morgan fingerprint density at radius 1 is 0.827 bits per heavy atom. The van der Waals surface area contributed by atoms with E-state index in [4.69, 9.17) is 9.47 Å². The molecular formula is C69H88O6. The van der Waals surface area contributed by atoms with Gasteiger partial charge in [0.05, 0.1) is 24.2 Å². The maximum absolute atomic E-state index is 14.5. The number of hydrogen-bond donors (Lipinski definition) is 3. The van der Waals surface area contributed by atoms with Gasteiger partial charge in [0.15, 0.2) is 5.79 Å². The first kappa shape index (κ1) is 48.9. The Bertz CT molecular complexity index is 2920. The summed E-state index contributed by atoms with van der Waals surface area (Å²) in [6.07, 6.45) is 24.4. The Hall–Kier alpha value is -3.21. The molecule has 5 spiro atoms. The van der Waals surface area contributed by atoms with Crippen LogP contribution in [0, 0.1) is 97.1 Å². The molecule has 0 radical (unpaired) electrons. The van der Waals surface area contributed by atoms with Crippen LogP contribution in [0.3, 0.4) is 0 Å². The molecule has 1 aliphatic heterocycles. The van der Waals surface area contributed by atoms with Crippen LogP contribution in [0.15, 0.2) is 54.6 Å². The minimum atomic E-state index is -1.40. The largest absolute Gasteiger partial charge is 0.481 e. The number of rotatable bonds is 9. The predicted molar refractivity (Wildman–Crippen MR) is 294 cm³/mol. The number of benzene rings is 3. The maximum Gasteiger partial charge on any atom is 0.309 e. The standard InChI is InChI=1S/C69H88O6/c1-6-11-53-67-34-33-66-27-10-15-45(48-23-21-44-12-7-8-13-47(44)37-48)25-28-68-59-57(62(3,60(71)72)31-29-61(59,2)30-32-63(66,68)4)51-39-64(68)41-65(66,38-49-24-22-46-14-9-16-50(51)55(46)56(49)64)58(67)52(70)40-69(53,73)75-54(67)36-43-19-17-42(18-20-43)26-35-74-5/h9,14,16-20,22,24,44-45,47-48,51-54,57-59,70,73H,6-8,11-13,15,21,23,25-26,28-41H2,1-5H3,(H,71,72). The normalized spacial score (nSPS) is 50.0. The number of hydrogen-bond acceptors (Lipinski definition) is 5. The monoisotopic (exact) mass is 1010 g/mol. The first-order valence-electron chi connectivity index (χ1n) is 31.1. The highest BCUT2D eigenvalue weighted by Gasteiger charge is 2.90. The van der Waals surface area contributed by atoms with E-state index in [9.17, 15) is 20.1 Å². The van der Waals surface area contributed by atoms with Crippen molar-refractivity contribution in [1.82, 2.24) is 0 Å². The second-order valence-corrected chi connectivity index (χ2v) is 29.6. The minimum absolute atomic E-state index is 0.00732. The van der Waals surface area contributed by atoms with Gasteiger partial charge < -0.3 is 24.8 Å². The first-order valence-corrected chi connectivity index (χ1v) is 31.1. The zero-order valence-corrected chi connectivity index (χ0v) is 46.3. The van der Waals surface area contributed by atoms with Gasteiger partial charge in [-0.05, 0) is 218 Å². The second kappa shape index (κ2) is 16.2. The molecule has 3 N–H and O–H groups in total. The fraction of sp³-hybridized carbons (Fsp3) is 0.725. The van der Waals surface area contributed by atoms with E-state index in [1.807, 2.05) is 0 Å². The van der Waals surface area contributed by atoms with E-state index in [1.54, 1.807) is 12.7 Å². The minimum Gasteiger partial charge on any atom is -0.481 e. The number of fused-ring (bicyclic) bond motifs is 5. The highest BCUT2D eigenvalue weighted by atomic mass is 16.6. The molecule has 9 fully saturated rings. The number of carboxylic acids is 1. The summed E-state index contributed by atoms with van der Waals surface area (Å²) >= 11 is 0. The molecule has 0 amide bonds. The molecule has 15 rings (SSSR count). The fourth-order valence-electron chi connectivity index (χ4n) is 25.3. The van der Waals surface area contributed by atoms with Crippen molar-refractivity contribution in [2.24, 2.45) is 85.2 Å². The molecule has 1 saturated heterocycles. The molecule has 8 saturated carbocycles. The molecule has 7 bridgehead atoms. The van der Waals surface area contributed by atoms with Crippen LogP contribution in [-0.2, 0) is 38.9 Å². The Morgan fingerprint density at radius 3 is 2.40 bits per heavy atom. The summed E-state index contributed by atoms with van der Waals surface area (Å²) in [4.78, 5) is 14.5. The van der Waals surface area contributed by atoms with Gasteiger partial charge in [-0.1, -0.05) is 113 Å². The van der Waals surface area contributed by atoms with Gasteiger partial charge in [0.25, 0.3) is 0 Å². The lowest BCUT2D eigenvalue weighted by molar-refractivity contribution is -0.367. The van der Waals surface area contributed by atoms with E-state index in [-0.39, 0.29) is 63.8 Å². The lowest BCUT2D eigenvalue weighted by Crippen LogP contribution is -2.85. The molecule has 3 aromatic carbocycles. The molecule has 1 heterocycles. The zero-order chi connectivity index (χ0) is 51.3. The molecular weight excluding hydrogens is 925 g/mol. The highest BCUT2D eigenvalue weighted by Crippen LogP contribution is 2.93. The number of carbonyl (C=O) groups is 1. The van der Waals surface area contributed by atoms with Crippen LogP contribution in [-0.4, -0.2) is 53.0 Å². The van der Waals surface area contributed by atoms with Crippen LogP contribution in [0.1, 0.15) is 196 Å². The van der Waals surface area contributed by atoms with Crippen LogP contribution < -0.4 is 0 Å². The summed E-state index contributed by atoms with van der Waals surface area (Å²) in [6.45, 7) is 10.7. The zero-order valence-electron chi connectivity index (χ0n) is 46.3. The SMILES string of the molecule is CCCC1C2(O)CC(O)C3C1(CCC14C#CCC(C5CCC6CCCCC6C5)CCC56C7C(C8CC59CC31Cc1ccc3cccc8c3c19)C(C)(C(=O)O)CCC7(C)CCC46C)C(Cc1ccc(CCOC)cc1)O2. The molecule has 6 nitrogen and oxygen atoms in total. The van der Waals surface area contributed by atoms with Crippen LogP contribution in [0.5, 0.6) is 0 Å². The fourth-order valence-corrected chi connectivity index (χ4v) is 25.3. The molecule has 20 unspecified atom stereocenters. The molecule has 0 aromatic heterocycles. The number of carboxylic acid groups (broad SMARTS) is 1. The van der Waals surface area contributed by atoms with E-state index in [1.165, 1.54) is 84.4 Å². The molecule has 6 heteroatoms. The highest BCUT2D eigenvalue weighted by molar-refractivity contribution is 5.94. The Balaban J connectivity index is 1.00. The van der Waals surface area contributed by atoms with E-state index in [2.05, 4.69) is 94.1 Å². The lowest BCUT2D eigenvalue weighted by Gasteiger charge is -2.88. The summed E-state index contributed by atoms with van der Waals surface area (Å²) < 4.78 is 12.9. The quantitative estimate of drug-likeness (QED) is 0.185. The van der Waals surface area contributed by atoms with Gasteiger partial charge in [0.2, 0.25) is 0 Å². The van der Waals surface area contributed by atoms with Gasteiger partial charge in [-0.3, -0.25) is 4.79 Å². The Labute approximate surface area is 448 Å². The van der Waals surface area contributed by atoms with Crippen molar-refractivity contribution in [2.45, 2.75) is 211 Å². The third kappa shape index (κ3) is 5.78. The van der Waals surface area contributed by atoms with Crippen LogP contribution in [0.25, 0.3) is 10.8 Å². The second-order valence-electron chi connectivity index (χ2n) is 29.6. The van der Waals surface area contributed by atoms with Crippen molar-refractivity contribution < 1.29 is 29.6 Å². The Morgan fingerprint density at radius 2 is 1.60 bits per heavy atom. The third-order valence-electron chi connectivity index (χ3n) is 27.6. The molecule has 11 aliphatic carbocycles.